The van der Waals surface area contributed by atoms with Crippen LogP contribution in [0.15, 0.2) is 255 Å². The summed E-state index contributed by atoms with van der Waals surface area (Å²) in [5.74, 6) is 1.47. The van der Waals surface area contributed by atoms with Gasteiger partial charge in [-0.15, -0.1) is 0 Å². The second-order valence-corrected chi connectivity index (χ2v) is 20.3. The number of hydrogen-bond acceptors (Lipinski definition) is 3. The summed E-state index contributed by atoms with van der Waals surface area (Å²) in [4.78, 5) is 15.8. The Morgan fingerprint density at radius 2 is 0.662 bits per heavy atom. The molecule has 0 N–H and O–H groups in total. The van der Waals surface area contributed by atoms with Gasteiger partial charge in [0.15, 0.2) is 17.5 Å². The standard InChI is InChI=1S/C71H45F3N6/c1-44-36-38-65-55(40-44)56-43-48(71(72,73)74)37-39-66(56)80(65)67-57(53-28-12-18-34-63(53)78-59-30-14-8-24-49(59)50-25-9-15-31-60(50)78)41-47(70-76-68(45-20-4-2-5-21-45)75-69(77-70)46-22-6-3-7-23-46)42-58(67)54-29-13-19-35-64(54)79-61-32-16-10-26-51(61)52-27-11-17-33-62(52)79/h2-43H,1H3. The molecule has 0 bridgehead atoms. The molecule has 0 aliphatic heterocycles. The van der Waals surface area contributed by atoms with Gasteiger partial charge in [-0.2, -0.15) is 13.2 Å². The van der Waals surface area contributed by atoms with Crippen LogP contribution in [0.5, 0.6) is 0 Å². The molecule has 4 aromatic heterocycles. The fourth-order valence-corrected chi connectivity index (χ4v) is 12.1. The number of hydrogen-bond donors (Lipinski definition) is 0. The maximum Gasteiger partial charge on any atom is 0.416 e. The van der Waals surface area contributed by atoms with Crippen LogP contribution in [0.2, 0.25) is 0 Å². The van der Waals surface area contributed by atoms with E-state index in [0.29, 0.717) is 39.3 Å². The zero-order chi connectivity index (χ0) is 53.6. The van der Waals surface area contributed by atoms with Crippen LogP contribution in [0.1, 0.15) is 11.1 Å². The summed E-state index contributed by atoms with van der Waals surface area (Å²) in [6.45, 7) is 1.98. The third kappa shape index (κ3) is 7.53. The molecule has 9 heteroatoms. The molecule has 0 amide bonds. The zero-order valence-corrected chi connectivity index (χ0v) is 43.1. The van der Waals surface area contributed by atoms with Gasteiger partial charge in [0.25, 0.3) is 0 Å². The Morgan fingerprint density at radius 1 is 0.300 bits per heavy atom. The Morgan fingerprint density at radius 3 is 1.11 bits per heavy atom. The van der Waals surface area contributed by atoms with Crippen LogP contribution in [0.3, 0.4) is 0 Å². The molecule has 0 aliphatic rings. The number of aryl methyl sites for hydroxylation is 1. The number of para-hydroxylation sites is 6. The lowest BCUT2D eigenvalue weighted by Crippen LogP contribution is -2.07. The van der Waals surface area contributed by atoms with Crippen molar-refractivity contribution in [1.82, 2.24) is 28.7 Å². The lowest BCUT2D eigenvalue weighted by molar-refractivity contribution is -0.137. The van der Waals surface area contributed by atoms with Gasteiger partial charge in [-0.1, -0.05) is 181 Å². The lowest BCUT2D eigenvalue weighted by atomic mass is 9.90. The van der Waals surface area contributed by atoms with Crippen LogP contribution < -0.4 is 0 Å². The van der Waals surface area contributed by atoms with Crippen molar-refractivity contribution in [2.45, 2.75) is 13.1 Å². The largest absolute Gasteiger partial charge is 0.416 e. The third-order valence-corrected chi connectivity index (χ3v) is 15.6. The van der Waals surface area contributed by atoms with Gasteiger partial charge in [0.2, 0.25) is 0 Å². The van der Waals surface area contributed by atoms with E-state index in [0.717, 1.165) is 105 Å². The quantitative estimate of drug-likeness (QED) is 0.152. The maximum absolute atomic E-state index is 14.9. The van der Waals surface area contributed by atoms with Crippen molar-refractivity contribution >= 4 is 65.4 Å². The predicted molar refractivity (Wildman–Crippen MR) is 320 cm³/mol. The van der Waals surface area contributed by atoms with Crippen molar-refractivity contribution in [3.05, 3.63) is 266 Å². The zero-order valence-electron chi connectivity index (χ0n) is 43.1. The van der Waals surface area contributed by atoms with E-state index in [9.17, 15) is 13.2 Å². The van der Waals surface area contributed by atoms with Crippen LogP contribution in [0, 0.1) is 6.92 Å². The highest BCUT2D eigenvalue weighted by Crippen LogP contribution is 2.49. The first kappa shape index (κ1) is 46.9. The summed E-state index contributed by atoms with van der Waals surface area (Å²) in [5.41, 5.74) is 14.0. The van der Waals surface area contributed by atoms with E-state index < -0.39 is 11.7 Å². The summed E-state index contributed by atoms with van der Waals surface area (Å²) >= 11 is 0. The molecule has 380 valence electrons. The van der Waals surface area contributed by atoms with Crippen LogP contribution in [-0.2, 0) is 6.18 Å². The first-order valence-electron chi connectivity index (χ1n) is 26.6. The molecule has 80 heavy (non-hydrogen) atoms. The molecule has 0 aliphatic carbocycles. The molecule has 4 heterocycles. The lowest BCUT2D eigenvalue weighted by Gasteiger charge is -2.24. The van der Waals surface area contributed by atoms with Gasteiger partial charge in [-0.3, -0.25) is 0 Å². The van der Waals surface area contributed by atoms with E-state index in [1.165, 1.54) is 12.1 Å². The normalized spacial score (nSPS) is 12.0. The number of rotatable bonds is 8. The smallest absolute Gasteiger partial charge is 0.309 e. The number of halogens is 3. The van der Waals surface area contributed by atoms with E-state index in [1.54, 1.807) is 6.07 Å². The van der Waals surface area contributed by atoms with Gasteiger partial charge in [0.1, 0.15) is 0 Å². The Balaban J connectivity index is 1.15. The molecule has 11 aromatic carbocycles. The van der Waals surface area contributed by atoms with Crippen molar-refractivity contribution < 1.29 is 13.2 Å². The minimum atomic E-state index is -4.57. The van der Waals surface area contributed by atoms with Gasteiger partial charge < -0.3 is 13.7 Å². The van der Waals surface area contributed by atoms with Gasteiger partial charge in [-0.05, 0) is 85.8 Å². The molecule has 15 rings (SSSR count). The van der Waals surface area contributed by atoms with E-state index >= 15 is 0 Å². The number of alkyl halides is 3. The summed E-state index contributed by atoms with van der Waals surface area (Å²) in [7, 11) is 0. The van der Waals surface area contributed by atoms with Crippen LogP contribution in [0.4, 0.5) is 13.2 Å². The minimum absolute atomic E-state index is 0.447. The van der Waals surface area contributed by atoms with Gasteiger partial charge in [-0.25, -0.2) is 15.0 Å². The minimum Gasteiger partial charge on any atom is -0.309 e. The highest BCUT2D eigenvalue weighted by atomic mass is 19.4. The Hall–Kier alpha value is -10.4. The predicted octanol–water partition coefficient (Wildman–Crippen LogP) is 18.8. The van der Waals surface area contributed by atoms with E-state index in [2.05, 4.69) is 171 Å². The second-order valence-electron chi connectivity index (χ2n) is 20.3. The van der Waals surface area contributed by atoms with Crippen LogP contribution in [0.25, 0.3) is 139 Å². The van der Waals surface area contributed by atoms with Gasteiger partial charge >= 0.3 is 6.18 Å². The summed E-state index contributed by atoms with van der Waals surface area (Å²) in [6, 6.07) is 85.2. The number of aromatic nitrogens is 6. The van der Waals surface area contributed by atoms with Crippen molar-refractivity contribution in [1.29, 1.82) is 0 Å². The highest BCUT2D eigenvalue weighted by molar-refractivity contribution is 6.14. The maximum atomic E-state index is 14.9. The molecule has 0 unspecified atom stereocenters. The van der Waals surface area contributed by atoms with Crippen molar-refractivity contribution in [2.24, 2.45) is 0 Å². The van der Waals surface area contributed by atoms with Crippen molar-refractivity contribution in [3.63, 3.8) is 0 Å². The summed E-state index contributed by atoms with van der Waals surface area (Å²) < 4.78 is 51.7. The average molecular weight is 1040 g/mol. The fraction of sp³-hybridized carbons (Fsp3) is 0.0282. The monoisotopic (exact) mass is 1040 g/mol. The average Bonchev–Trinajstić information content (AvgIpc) is 4.21. The number of nitrogens with zero attached hydrogens (tertiary/aromatic N) is 6. The Labute approximate surface area is 457 Å². The first-order chi connectivity index (χ1) is 39.2. The van der Waals surface area contributed by atoms with Crippen molar-refractivity contribution in [2.75, 3.05) is 0 Å². The van der Waals surface area contributed by atoms with E-state index in [1.807, 2.05) is 85.8 Å². The molecular formula is C71H45F3N6. The number of benzene rings is 11. The van der Waals surface area contributed by atoms with E-state index in [-0.39, 0.29) is 0 Å². The van der Waals surface area contributed by atoms with Gasteiger partial charge in [0.05, 0.1) is 55.7 Å². The molecule has 0 saturated carbocycles. The molecule has 0 atom stereocenters. The van der Waals surface area contributed by atoms with E-state index in [4.69, 9.17) is 15.0 Å². The Bertz CT molecular complexity index is 4610. The SMILES string of the molecule is Cc1ccc2c(c1)c1cc(C(F)(F)F)ccc1n2-c1c(-c2ccccc2-n2c3ccccc3c3ccccc32)cc(-c2nc(-c3ccccc3)nc(-c3ccccc3)n2)cc1-c1ccccc1-n1c2ccccc2c2ccccc21. The molecular weight excluding hydrogens is 994 g/mol. The summed E-state index contributed by atoms with van der Waals surface area (Å²) in [6.07, 6.45) is -4.57. The van der Waals surface area contributed by atoms with Crippen LogP contribution >= 0.6 is 0 Å². The molecule has 0 radical (unpaired) electrons. The molecule has 0 spiro atoms. The van der Waals surface area contributed by atoms with Gasteiger partial charge in [0, 0.05) is 71.3 Å². The first-order valence-corrected chi connectivity index (χ1v) is 26.6. The fourth-order valence-electron chi connectivity index (χ4n) is 12.1. The third-order valence-electron chi connectivity index (χ3n) is 15.6. The molecule has 0 fully saturated rings. The van der Waals surface area contributed by atoms with Crippen molar-refractivity contribution in [3.8, 4) is 73.5 Å². The second kappa shape index (κ2) is 18.4. The molecule has 0 saturated heterocycles. The molecule has 6 nitrogen and oxygen atoms in total. The topological polar surface area (TPSA) is 53.5 Å². The molecule has 15 aromatic rings. The highest BCUT2D eigenvalue weighted by Gasteiger charge is 2.33. The Kier molecular flexibility index (Phi) is 10.8. The summed E-state index contributed by atoms with van der Waals surface area (Å²) in [5, 5.41) is 5.63. The van der Waals surface area contributed by atoms with Crippen LogP contribution in [-0.4, -0.2) is 28.7 Å². The number of fused-ring (bicyclic) bond motifs is 9.